The van der Waals surface area contributed by atoms with E-state index in [0.717, 1.165) is 41.7 Å². The molecule has 3 aromatic rings. The summed E-state index contributed by atoms with van der Waals surface area (Å²) in [6.45, 7) is 2.06. The molecule has 7 heteroatoms. The summed E-state index contributed by atoms with van der Waals surface area (Å²) < 4.78 is 17.5. The number of pyridine rings is 1. The van der Waals surface area contributed by atoms with Gasteiger partial charge < -0.3 is 19.1 Å². The number of rotatable bonds is 7. The first-order valence-corrected chi connectivity index (χ1v) is 11.2. The second kappa shape index (κ2) is 8.24. The molecule has 1 fully saturated rings. The monoisotopic (exact) mass is 440 g/mol. The van der Waals surface area contributed by atoms with Gasteiger partial charge in [0.2, 0.25) is 0 Å². The number of aliphatic imine (C=N–C) groups is 2. The first-order chi connectivity index (χ1) is 16.3. The van der Waals surface area contributed by atoms with E-state index in [1.54, 1.807) is 19.4 Å². The zero-order valence-electron chi connectivity index (χ0n) is 18.4. The molecular weight excluding hydrogens is 416 g/mol. The summed E-state index contributed by atoms with van der Waals surface area (Å²) >= 11 is 0. The van der Waals surface area contributed by atoms with Crippen LogP contribution in [0.25, 0.3) is 0 Å². The smallest absolute Gasteiger partial charge is 0.257 e. The van der Waals surface area contributed by atoms with Gasteiger partial charge in [-0.3, -0.25) is 4.99 Å². The van der Waals surface area contributed by atoms with Crippen molar-refractivity contribution in [3.63, 3.8) is 0 Å². The van der Waals surface area contributed by atoms with E-state index in [9.17, 15) is 0 Å². The molecule has 7 nitrogen and oxygen atoms in total. The molecule has 166 valence electrons. The second-order valence-electron chi connectivity index (χ2n) is 8.41. The van der Waals surface area contributed by atoms with E-state index in [-0.39, 0.29) is 0 Å². The van der Waals surface area contributed by atoms with Crippen molar-refractivity contribution < 1.29 is 14.2 Å². The number of nitrogens with zero attached hydrogens (tertiary/aromatic N) is 4. The zero-order chi connectivity index (χ0) is 22.2. The van der Waals surface area contributed by atoms with Crippen molar-refractivity contribution in [3.05, 3.63) is 71.4 Å². The van der Waals surface area contributed by atoms with E-state index in [1.165, 1.54) is 18.4 Å². The van der Waals surface area contributed by atoms with Crippen LogP contribution in [0.15, 0.2) is 64.7 Å². The predicted octanol–water partition coefficient (Wildman–Crippen LogP) is 5.07. The van der Waals surface area contributed by atoms with Crippen LogP contribution in [-0.4, -0.2) is 42.3 Å². The lowest BCUT2D eigenvalue weighted by Gasteiger charge is -2.21. The van der Waals surface area contributed by atoms with Gasteiger partial charge in [0.25, 0.3) is 5.88 Å². The van der Waals surface area contributed by atoms with Crippen LogP contribution in [0.2, 0.25) is 0 Å². The van der Waals surface area contributed by atoms with Gasteiger partial charge in [-0.25, -0.2) is 9.98 Å². The molecule has 33 heavy (non-hydrogen) atoms. The third-order valence-corrected chi connectivity index (χ3v) is 6.07. The predicted molar refractivity (Wildman–Crippen MR) is 126 cm³/mol. The van der Waals surface area contributed by atoms with Gasteiger partial charge in [-0.15, -0.1) is 0 Å². The minimum atomic E-state index is 0.429. The van der Waals surface area contributed by atoms with Crippen LogP contribution < -0.4 is 14.2 Å². The average molecular weight is 441 g/mol. The summed E-state index contributed by atoms with van der Waals surface area (Å²) in [5, 5.41) is 0. The van der Waals surface area contributed by atoms with Crippen LogP contribution in [0.3, 0.4) is 0 Å². The molecule has 0 atom stereocenters. The molecular formula is C26H24N4O3. The Bertz CT molecular complexity index is 1250. The third-order valence-electron chi connectivity index (χ3n) is 6.07. The number of hydrogen-bond acceptors (Lipinski definition) is 7. The first kappa shape index (κ1) is 19.8. The summed E-state index contributed by atoms with van der Waals surface area (Å²) in [5.41, 5.74) is 4.38. The molecule has 0 unspecified atom stereocenters. The Morgan fingerprint density at radius 2 is 1.91 bits per heavy atom. The van der Waals surface area contributed by atoms with Gasteiger partial charge in [0, 0.05) is 18.2 Å². The van der Waals surface area contributed by atoms with Gasteiger partial charge >= 0.3 is 0 Å². The van der Waals surface area contributed by atoms with Crippen LogP contribution in [-0.2, 0) is 6.61 Å². The normalized spacial score (nSPS) is 16.2. The standard InChI is InChI=1S/C26H24N4O3/c1-31-24-13-21(14-28-26(24)32-15-17-2-4-18(5-3-17)19-6-7-19)33-20-8-9-23-22(12-20)25-27-10-11-30(25)16-29-23/h2-5,8-9,12-14,16,19H,6-7,10-11,15H2,1H3. The highest BCUT2D eigenvalue weighted by Crippen LogP contribution is 2.40. The van der Waals surface area contributed by atoms with E-state index in [4.69, 9.17) is 14.2 Å². The maximum atomic E-state index is 6.07. The summed E-state index contributed by atoms with van der Waals surface area (Å²) in [6, 6.07) is 16.2. The van der Waals surface area contributed by atoms with Gasteiger partial charge in [-0.05, 0) is 48.1 Å². The molecule has 1 aromatic heterocycles. The summed E-state index contributed by atoms with van der Waals surface area (Å²) in [7, 11) is 1.60. The number of amidine groups is 1. The molecule has 0 spiro atoms. The fraction of sp³-hybridized carbons (Fsp3) is 0.269. The Morgan fingerprint density at radius 1 is 1.03 bits per heavy atom. The van der Waals surface area contributed by atoms with Gasteiger partial charge in [0.15, 0.2) is 5.75 Å². The van der Waals surface area contributed by atoms with E-state index < -0.39 is 0 Å². The topological polar surface area (TPSA) is 68.5 Å². The highest BCUT2D eigenvalue weighted by atomic mass is 16.5. The fourth-order valence-electron chi connectivity index (χ4n) is 4.13. The van der Waals surface area contributed by atoms with Gasteiger partial charge in [0.05, 0.1) is 31.9 Å². The Kier molecular flexibility index (Phi) is 4.94. The Balaban J connectivity index is 1.16. The molecule has 0 saturated heterocycles. The molecule has 3 aliphatic rings. The van der Waals surface area contributed by atoms with Crippen molar-refractivity contribution in [2.45, 2.75) is 25.4 Å². The first-order valence-electron chi connectivity index (χ1n) is 11.2. The van der Waals surface area contributed by atoms with E-state index in [2.05, 4.69) is 44.1 Å². The fourth-order valence-corrected chi connectivity index (χ4v) is 4.13. The highest BCUT2D eigenvalue weighted by molar-refractivity contribution is 6.11. The van der Waals surface area contributed by atoms with E-state index in [1.807, 2.05) is 24.5 Å². The molecule has 0 amide bonds. The van der Waals surface area contributed by atoms with Crippen LogP contribution in [0, 0.1) is 0 Å². The summed E-state index contributed by atoms with van der Waals surface area (Å²) in [4.78, 5) is 15.6. The maximum absolute atomic E-state index is 6.07. The molecule has 2 aromatic carbocycles. The Labute approximate surface area is 192 Å². The van der Waals surface area contributed by atoms with E-state index in [0.29, 0.717) is 29.7 Å². The minimum absolute atomic E-state index is 0.429. The molecule has 0 N–H and O–H groups in total. The molecule has 0 bridgehead atoms. The average Bonchev–Trinajstić information content (AvgIpc) is 3.59. The van der Waals surface area contributed by atoms with Crippen LogP contribution >= 0.6 is 0 Å². The number of aromatic nitrogens is 1. The zero-order valence-corrected chi connectivity index (χ0v) is 18.4. The molecule has 1 saturated carbocycles. The summed E-state index contributed by atoms with van der Waals surface area (Å²) in [6.07, 6.45) is 6.09. The Hall–Kier alpha value is -3.87. The number of fused-ring (bicyclic) bond motifs is 3. The van der Waals surface area contributed by atoms with Crippen molar-refractivity contribution in [2.75, 3.05) is 20.2 Å². The lowest BCUT2D eigenvalue weighted by atomic mass is 10.1. The van der Waals surface area contributed by atoms with Crippen LogP contribution in [0.4, 0.5) is 5.69 Å². The molecule has 1 aliphatic carbocycles. The van der Waals surface area contributed by atoms with Crippen molar-refractivity contribution >= 4 is 17.9 Å². The van der Waals surface area contributed by atoms with Crippen molar-refractivity contribution in [1.82, 2.24) is 9.88 Å². The van der Waals surface area contributed by atoms with E-state index >= 15 is 0 Å². The quantitative estimate of drug-likeness (QED) is 0.513. The number of methoxy groups -OCH3 is 1. The van der Waals surface area contributed by atoms with Crippen LogP contribution in [0.1, 0.15) is 35.4 Å². The number of ether oxygens (including phenoxy) is 3. The highest BCUT2D eigenvalue weighted by Gasteiger charge is 2.24. The van der Waals surface area contributed by atoms with Crippen molar-refractivity contribution in [1.29, 1.82) is 0 Å². The SMILES string of the molecule is COc1cc(Oc2ccc3c(c2)C2=NCCN2C=N3)cnc1OCc1ccc(C2CC2)cc1. The Morgan fingerprint density at radius 3 is 2.73 bits per heavy atom. The molecule has 3 heterocycles. The second-order valence-corrected chi connectivity index (χ2v) is 8.41. The van der Waals surface area contributed by atoms with Crippen molar-refractivity contribution in [3.8, 4) is 23.1 Å². The van der Waals surface area contributed by atoms with Crippen molar-refractivity contribution in [2.24, 2.45) is 9.98 Å². The number of benzene rings is 2. The van der Waals surface area contributed by atoms with Gasteiger partial charge in [-0.1, -0.05) is 24.3 Å². The number of hydrogen-bond donors (Lipinski definition) is 0. The van der Waals surface area contributed by atoms with Gasteiger partial charge in [-0.2, -0.15) is 0 Å². The minimum Gasteiger partial charge on any atom is -0.491 e. The lowest BCUT2D eigenvalue weighted by molar-refractivity contribution is 0.271. The maximum Gasteiger partial charge on any atom is 0.257 e. The molecule has 0 radical (unpaired) electrons. The van der Waals surface area contributed by atoms with Gasteiger partial charge in [0.1, 0.15) is 23.9 Å². The molecule has 2 aliphatic heterocycles. The largest absolute Gasteiger partial charge is 0.491 e. The summed E-state index contributed by atoms with van der Waals surface area (Å²) in [5.74, 6) is 3.91. The van der Waals surface area contributed by atoms with Crippen LogP contribution in [0.5, 0.6) is 23.1 Å². The lowest BCUT2D eigenvalue weighted by Crippen LogP contribution is -2.29. The third kappa shape index (κ3) is 4.02. The molecule has 6 rings (SSSR count).